The van der Waals surface area contributed by atoms with Crippen molar-refractivity contribution >= 4 is 16.6 Å². The summed E-state index contributed by atoms with van der Waals surface area (Å²) in [7, 11) is 0. The summed E-state index contributed by atoms with van der Waals surface area (Å²) in [5.74, 6) is 0. The Morgan fingerprint density at radius 1 is 1.43 bits per heavy atom. The van der Waals surface area contributed by atoms with Crippen LogP contribution in [0.2, 0.25) is 0 Å². The van der Waals surface area contributed by atoms with Crippen LogP contribution in [-0.2, 0) is 0 Å². The van der Waals surface area contributed by atoms with E-state index in [1.165, 1.54) is 18.2 Å². The summed E-state index contributed by atoms with van der Waals surface area (Å²) < 4.78 is 0. The Labute approximate surface area is 76.5 Å². The first-order chi connectivity index (χ1) is 6.70. The van der Waals surface area contributed by atoms with Crippen LogP contribution in [0.15, 0.2) is 23.0 Å². The van der Waals surface area contributed by atoms with Crippen LogP contribution in [0.5, 0.6) is 0 Å². The van der Waals surface area contributed by atoms with E-state index in [9.17, 15) is 14.9 Å². The second-order valence-corrected chi connectivity index (χ2v) is 2.57. The summed E-state index contributed by atoms with van der Waals surface area (Å²) in [6.07, 6.45) is 0. The number of nitro benzene ring substituents is 1. The van der Waals surface area contributed by atoms with Gasteiger partial charge in [0.1, 0.15) is 10.9 Å². The fraction of sp³-hybridized carbons (Fsp3) is 0. The van der Waals surface area contributed by atoms with Crippen molar-refractivity contribution < 1.29 is 4.92 Å². The Hall–Kier alpha value is -2.31. The third-order valence-corrected chi connectivity index (χ3v) is 1.75. The van der Waals surface area contributed by atoms with Gasteiger partial charge in [-0.15, -0.1) is 5.10 Å². The van der Waals surface area contributed by atoms with Gasteiger partial charge >= 0.3 is 0 Å². The predicted molar refractivity (Wildman–Crippen MR) is 46.8 cm³/mol. The zero-order chi connectivity index (χ0) is 10.1. The lowest BCUT2D eigenvalue weighted by Gasteiger charge is -1.94. The van der Waals surface area contributed by atoms with Crippen molar-refractivity contribution in [1.82, 2.24) is 15.4 Å². The molecule has 0 amide bonds. The summed E-state index contributed by atoms with van der Waals surface area (Å²) in [5.41, 5.74) is -0.663. The topological polar surface area (TPSA) is 102 Å². The number of non-ortho nitro benzene ring substituents is 1. The monoisotopic (exact) mass is 192 g/mol. The highest BCUT2D eigenvalue weighted by Crippen LogP contribution is 2.18. The van der Waals surface area contributed by atoms with Crippen molar-refractivity contribution in [3.05, 3.63) is 38.7 Å². The van der Waals surface area contributed by atoms with Crippen LogP contribution in [0.25, 0.3) is 10.9 Å². The van der Waals surface area contributed by atoms with E-state index in [0.29, 0.717) is 0 Å². The molecule has 0 radical (unpaired) electrons. The number of hydrogen-bond donors (Lipinski definition) is 1. The molecular weight excluding hydrogens is 188 g/mol. The van der Waals surface area contributed by atoms with Crippen molar-refractivity contribution in [3.63, 3.8) is 0 Å². The number of aromatic nitrogens is 3. The molecule has 0 aliphatic heterocycles. The number of nitro groups is 1. The number of aromatic amines is 1. The minimum absolute atomic E-state index is 0.0486. The number of hydrogen-bond acceptors (Lipinski definition) is 5. The average molecular weight is 192 g/mol. The number of benzene rings is 1. The van der Waals surface area contributed by atoms with Crippen LogP contribution >= 0.6 is 0 Å². The molecule has 0 saturated heterocycles. The second kappa shape index (κ2) is 2.87. The largest absolute Gasteiger partial charge is 0.284 e. The number of nitrogens with zero attached hydrogens (tertiary/aromatic N) is 3. The van der Waals surface area contributed by atoms with Gasteiger partial charge in [-0.2, -0.15) is 0 Å². The third-order valence-electron chi connectivity index (χ3n) is 1.75. The van der Waals surface area contributed by atoms with Crippen LogP contribution in [0.1, 0.15) is 0 Å². The van der Waals surface area contributed by atoms with E-state index in [1.807, 2.05) is 5.10 Å². The molecule has 0 atom stereocenters. The van der Waals surface area contributed by atoms with Crippen LogP contribution in [0, 0.1) is 10.1 Å². The molecule has 0 saturated carbocycles. The number of nitrogens with one attached hydrogen (secondary N) is 1. The van der Waals surface area contributed by atoms with Crippen molar-refractivity contribution in [2.75, 3.05) is 0 Å². The van der Waals surface area contributed by atoms with Gasteiger partial charge in [0, 0.05) is 6.07 Å². The van der Waals surface area contributed by atoms with Crippen LogP contribution in [-0.4, -0.2) is 20.3 Å². The highest BCUT2D eigenvalue weighted by molar-refractivity contribution is 5.86. The molecular formula is C7H4N4O3. The lowest BCUT2D eigenvalue weighted by molar-refractivity contribution is -0.383. The minimum Gasteiger partial charge on any atom is -0.267 e. The van der Waals surface area contributed by atoms with Gasteiger partial charge in [-0.05, 0) is 6.07 Å². The molecule has 7 nitrogen and oxygen atoms in total. The lowest BCUT2D eigenvalue weighted by Crippen LogP contribution is -2.11. The molecule has 70 valence electrons. The normalized spacial score (nSPS) is 10.3. The van der Waals surface area contributed by atoms with E-state index in [1.54, 1.807) is 0 Å². The predicted octanol–water partition coefficient (Wildman–Crippen LogP) is 0.226. The van der Waals surface area contributed by atoms with E-state index >= 15 is 0 Å². The summed E-state index contributed by atoms with van der Waals surface area (Å²) in [6.45, 7) is 0. The molecule has 1 aromatic carbocycles. The fourth-order valence-electron chi connectivity index (χ4n) is 1.18. The van der Waals surface area contributed by atoms with E-state index in [4.69, 9.17) is 0 Å². The highest BCUT2D eigenvalue weighted by atomic mass is 16.6. The van der Waals surface area contributed by atoms with Gasteiger partial charge in [-0.3, -0.25) is 14.9 Å². The standard InChI is InChI=1S/C7H4N4O3/c12-7-6-4(8-10-9-7)2-1-3-5(6)11(13)14/h1-3H,(H,8,9,12). The van der Waals surface area contributed by atoms with Gasteiger partial charge in [0.2, 0.25) is 0 Å². The SMILES string of the molecule is O=c1[nH]nnc2cccc([N+](=O)[O-])c12. The second-order valence-electron chi connectivity index (χ2n) is 2.57. The van der Waals surface area contributed by atoms with Crippen LogP contribution in [0.4, 0.5) is 5.69 Å². The van der Waals surface area contributed by atoms with E-state index < -0.39 is 10.5 Å². The molecule has 0 aliphatic rings. The average Bonchev–Trinajstić information content (AvgIpc) is 2.17. The van der Waals surface area contributed by atoms with Gasteiger partial charge < -0.3 is 0 Å². The Bertz CT molecular complexity index is 557. The Kier molecular flexibility index (Phi) is 1.70. The van der Waals surface area contributed by atoms with Crippen molar-refractivity contribution in [2.45, 2.75) is 0 Å². The first-order valence-corrected chi connectivity index (χ1v) is 3.68. The van der Waals surface area contributed by atoms with E-state index in [0.717, 1.165) is 0 Å². The summed E-state index contributed by atoms with van der Waals surface area (Å²) >= 11 is 0. The molecule has 0 fully saturated rings. The zero-order valence-corrected chi connectivity index (χ0v) is 6.80. The van der Waals surface area contributed by atoms with E-state index in [2.05, 4.69) is 10.3 Å². The van der Waals surface area contributed by atoms with E-state index in [-0.39, 0.29) is 16.6 Å². The molecule has 0 unspecified atom stereocenters. The third kappa shape index (κ3) is 1.11. The molecule has 1 aromatic heterocycles. The Morgan fingerprint density at radius 3 is 2.93 bits per heavy atom. The molecule has 1 N–H and O–H groups in total. The minimum atomic E-state index is -0.626. The first kappa shape index (κ1) is 8.30. The maximum Gasteiger partial charge on any atom is 0.284 e. The van der Waals surface area contributed by atoms with Gasteiger partial charge in [0.15, 0.2) is 0 Å². The first-order valence-electron chi connectivity index (χ1n) is 3.68. The number of H-pyrrole nitrogens is 1. The van der Waals surface area contributed by atoms with Crippen LogP contribution < -0.4 is 5.56 Å². The molecule has 0 spiro atoms. The fourth-order valence-corrected chi connectivity index (χ4v) is 1.18. The molecule has 14 heavy (non-hydrogen) atoms. The summed E-state index contributed by atoms with van der Waals surface area (Å²) in [4.78, 5) is 21.2. The molecule has 2 rings (SSSR count). The highest BCUT2D eigenvalue weighted by Gasteiger charge is 2.14. The smallest absolute Gasteiger partial charge is 0.267 e. The van der Waals surface area contributed by atoms with Gasteiger partial charge in [-0.1, -0.05) is 11.3 Å². The maximum absolute atomic E-state index is 11.2. The number of fused-ring (bicyclic) bond motifs is 1. The molecule has 0 aliphatic carbocycles. The summed E-state index contributed by atoms with van der Waals surface area (Å²) in [5, 5.41) is 19.4. The van der Waals surface area contributed by atoms with Gasteiger partial charge in [-0.25, -0.2) is 5.10 Å². The molecule has 2 aromatic rings. The zero-order valence-electron chi connectivity index (χ0n) is 6.80. The summed E-state index contributed by atoms with van der Waals surface area (Å²) in [6, 6.07) is 4.19. The van der Waals surface area contributed by atoms with Crippen molar-refractivity contribution in [2.24, 2.45) is 0 Å². The van der Waals surface area contributed by atoms with Crippen molar-refractivity contribution in [3.8, 4) is 0 Å². The lowest BCUT2D eigenvalue weighted by atomic mass is 10.2. The quantitative estimate of drug-likeness (QED) is 0.514. The maximum atomic E-state index is 11.2. The molecule has 1 heterocycles. The van der Waals surface area contributed by atoms with Gasteiger partial charge in [0.25, 0.3) is 11.2 Å². The Balaban J connectivity index is 2.99. The van der Waals surface area contributed by atoms with Crippen LogP contribution in [0.3, 0.4) is 0 Å². The Morgan fingerprint density at radius 2 is 2.21 bits per heavy atom. The molecule has 7 heteroatoms. The van der Waals surface area contributed by atoms with Gasteiger partial charge in [0.05, 0.1) is 4.92 Å². The van der Waals surface area contributed by atoms with Crippen molar-refractivity contribution in [1.29, 1.82) is 0 Å². The molecule has 0 bridgehead atoms. The number of rotatable bonds is 1.